The van der Waals surface area contributed by atoms with Gasteiger partial charge in [0.05, 0.1) is 6.04 Å². The molecule has 2 rings (SSSR count). The summed E-state index contributed by atoms with van der Waals surface area (Å²) in [5.74, 6) is 0. The van der Waals surface area contributed by atoms with E-state index < -0.39 is 0 Å². The number of benzene rings is 1. The van der Waals surface area contributed by atoms with Crippen molar-refractivity contribution in [3.8, 4) is 10.6 Å². The highest BCUT2D eigenvalue weighted by molar-refractivity contribution is 7.14. The van der Waals surface area contributed by atoms with Crippen molar-refractivity contribution in [2.75, 3.05) is 6.54 Å². The van der Waals surface area contributed by atoms with Crippen LogP contribution in [0.3, 0.4) is 0 Å². The van der Waals surface area contributed by atoms with Gasteiger partial charge in [0.15, 0.2) is 0 Å². The van der Waals surface area contributed by atoms with Gasteiger partial charge >= 0.3 is 0 Å². The number of aryl methyl sites for hydroxylation is 1. The normalized spacial score (nSPS) is 12.6. The minimum atomic E-state index is 0.273. The minimum absolute atomic E-state index is 0.273. The Balaban J connectivity index is 2.29. The molecule has 0 bridgehead atoms. The van der Waals surface area contributed by atoms with Gasteiger partial charge in [-0.1, -0.05) is 49.4 Å². The molecular formula is C14H19N3S. The largest absolute Gasteiger partial charge is 0.308 e. The van der Waals surface area contributed by atoms with Crippen molar-refractivity contribution in [1.29, 1.82) is 0 Å². The third kappa shape index (κ3) is 2.76. The van der Waals surface area contributed by atoms with Gasteiger partial charge in [-0.15, -0.1) is 10.2 Å². The van der Waals surface area contributed by atoms with Gasteiger partial charge in [0.2, 0.25) is 0 Å². The first kappa shape index (κ1) is 13.2. The Kier molecular flexibility index (Phi) is 4.44. The van der Waals surface area contributed by atoms with Gasteiger partial charge in [-0.05, 0) is 25.5 Å². The van der Waals surface area contributed by atoms with Crippen LogP contribution in [0.15, 0.2) is 24.3 Å². The van der Waals surface area contributed by atoms with Gasteiger partial charge in [0.1, 0.15) is 10.0 Å². The van der Waals surface area contributed by atoms with Gasteiger partial charge in [0, 0.05) is 5.56 Å². The van der Waals surface area contributed by atoms with Crippen molar-refractivity contribution in [3.63, 3.8) is 0 Å². The number of aromatic nitrogens is 2. The molecule has 1 N–H and O–H groups in total. The molecule has 0 radical (unpaired) electrons. The molecule has 1 unspecified atom stereocenters. The lowest BCUT2D eigenvalue weighted by molar-refractivity contribution is 0.590. The molecule has 1 aromatic carbocycles. The third-order valence-electron chi connectivity index (χ3n) is 2.95. The summed E-state index contributed by atoms with van der Waals surface area (Å²) >= 11 is 1.68. The lowest BCUT2D eigenvalue weighted by atomic mass is 10.1. The van der Waals surface area contributed by atoms with E-state index >= 15 is 0 Å². The Morgan fingerprint density at radius 2 is 2.00 bits per heavy atom. The van der Waals surface area contributed by atoms with Gasteiger partial charge in [0.25, 0.3) is 0 Å². The summed E-state index contributed by atoms with van der Waals surface area (Å²) in [5.41, 5.74) is 2.55. The third-order valence-corrected chi connectivity index (χ3v) is 4.09. The number of hydrogen-bond acceptors (Lipinski definition) is 4. The predicted octanol–water partition coefficient (Wildman–Crippen LogP) is 3.44. The van der Waals surface area contributed by atoms with E-state index in [-0.39, 0.29) is 6.04 Å². The molecule has 0 amide bonds. The summed E-state index contributed by atoms with van der Waals surface area (Å²) < 4.78 is 0. The molecule has 96 valence electrons. The zero-order valence-corrected chi connectivity index (χ0v) is 11.9. The standard InChI is InChI=1S/C14H19N3S/c1-4-11-8-6-7-9-12(11)14-17-16-13(18-14)10(3)15-5-2/h6-10,15H,4-5H2,1-3H3. The Hall–Kier alpha value is -1.26. The van der Waals surface area contributed by atoms with Crippen molar-refractivity contribution in [3.05, 3.63) is 34.8 Å². The second kappa shape index (κ2) is 6.07. The van der Waals surface area contributed by atoms with Crippen LogP contribution in [0.2, 0.25) is 0 Å². The summed E-state index contributed by atoms with van der Waals surface area (Å²) in [6.07, 6.45) is 1.02. The first-order chi connectivity index (χ1) is 8.76. The SMILES string of the molecule is CCNC(C)c1nnc(-c2ccccc2CC)s1. The maximum Gasteiger partial charge on any atom is 0.148 e. The van der Waals surface area contributed by atoms with Crippen LogP contribution >= 0.6 is 11.3 Å². The smallest absolute Gasteiger partial charge is 0.148 e. The zero-order chi connectivity index (χ0) is 13.0. The minimum Gasteiger partial charge on any atom is -0.308 e. The van der Waals surface area contributed by atoms with Crippen molar-refractivity contribution in [2.24, 2.45) is 0 Å². The van der Waals surface area contributed by atoms with Crippen molar-refractivity contribution >= 4 is 11.3 Å². The van der Waals surface area contributed by atoms with E-state index in [1.165, 1.54) is 11.1 Å². The molecule has 0 aliphatic carbocycles. The zero-order valence-electron chi connectivity index (χ0n) is 11.1. The average Bonchev–Trinajstić information content (AvgIpc) is 2.88. The van der Waals surface area contributed by atoms with Crippen LogP contribution in [0.5, 0.6) is 0 Å². The molecule has 1 heterocycles. The fourth-order valence-corrected chi connectivity index (χ4v) is 2.88. The fourth-order valence-electron chi connectivity index (χ4n) is 1.95. The Morgan fingerprint density at radius 1 is 1.22 bits per heavy atom. The van der Waals surface area contributed by atoms with E-state index in [0.717, 1.165) is 23.0 Å². The van der Waals surface area contributed by atoms with E-state index in [1.807, 2.05) is 0 Å². The van der Waals surface area contributed by atoms with Gasteiger partial charge in [-0.25, -0.2) is 0 Å². The van der Waals surface area contributed by atoms with Crippen molar-refractivity contribution in [1.82, 2.24) is 15.5 Å². The molecule has 0 saturated heterocycles. The monoisotopic (exact) mass is 261 g/mol. The molecule has 2 aromatic rings. The molecule has 0 saturated carbocycles. The molecule has 1 atom stereocenters. The maximum atomic E-state index is 4.33. The summed E-state index contributed by atoms with van der Waals surface area (Å²) in [7, 11) is 0. The molecular weight excluding hydrogens is 242 g/mol. The van der Waals surface area contributed by atoms with Crippen molar-refractivity contribution in [2.45, 2.75) is 33.2 Å². The number of nitrogens with zero attached hydrogens (tertiary/aromatic N) is 2. The van der Waals surface area contributed by atoms with E-state index in [4.69, 9.17) is 0 Å². The van der Waals surface area contributed by atoms with Crippen LogP contribution in [0.4, 0.5) is 0 Å². The first-order valence-electron chi connectivity index (χ1n) is 6.41. The molecule has 1 aromatic heterocycles. The Morgan fingerprint density at radius 3 is 2.72 bits per heavy atom. The number of hydrogen-bond donors (Lipinski definition) is 1. The summed E-state index contributed by atoms with van der Waals surface area (Å²) in [6.45, 7) is 7.34. The molecule has 0 fully saturated rings. The van der Waals surface area contributed by atoms with E-state index in [9.17, 15) is 0 Å². The van der Waals surface area contributed by atoms with Crippen molar-refractivity contribution < 1.29 is 0 Å². The molecule has 0 aliphatic rings. The second-order valence-electron chi connectivity index (χ2n) is 4.24. The summed E-state index contributed by atoms with van der Waals surface area (Å²) in [4.78, 5) is 0. The van der Waals surface area contributed by atoms with Crippen LogP contribution in [0.1, 0.15) is 37.4 Å². The summed E-state index contributed by atoms with van der Waals surface area (Å²) in [6, 6.07) is 8.69. The predicted molar refractivity (Wildman–Crippen MR) is 76.8 cm³/mol. The second-order valence-corrected chi connectivity index (χ2v) is 5.24. The van der Waals surface area contributed by atoms with E-state index in [2.05, 4.69) is 60.6 Å². The lowest BCUT2D eigenvalue weighted by Gasteiger charge is -2.06. The fraction of sp³-hybridized carbons (Fsp3) is 0.429. The highest BCUT2D eigenvalue weighted by Crippen LogP contribution is 2.29. The van der Waals surface area contributed by atoms with E-state index in [1.54, 1.807) is 11.3 Å². The van der Waals surface area contributed by atoms with Gasteiger partial charge in [-0.3, -0.25) is 0 Å². The van der Waals surface area contributed by atoms with Crippen LogP contribution in [-0.4, -0.2) is 16.7 Å². The molecule has 3 nitrogen and oxygen atoms in total. The Labute approximate surface area is 112 Å². The van der Waals surface area contributed by atoms with Crippen LogP contribution < -0.4 is 5.32 Å². The molecule has 4 heteroatoms. The van der Waals surface area contributed by atoms with E-state index in [0.29, 0.717) is 0 Å². The van der Waals surface area contributed by atoms with Gasteiger partial charge < -0.3 is 5.32 Å². The highest BCUT2D eigenvalue weighted by Gasteiger charge is 2.13. The lowest BCUT2D eigenvalue weighted by Crippen LogP contribution is -2.17. The summed E-state index contributed by atoms with van der Waals surface area (Å²) in [5, 5.41) is 14.1. The quantitative estimate of drug-likeness (QED) is 0.896. The molecule has 18 heavy (non-hydrogen) atoms. The number of nitrogens with one attached hydrogen (secondary N) is 1. The average molecular weight is 261 g/mol. The first-order valence-corrected chi connectivity index (χ1v) is 7.23. The van der Waals surface area contributed by atoms with Gasteiger partial charge in [-0.2, -0.15) is 0 Å². The van der Waals surface area contributed by atoms with Crippen LogP contribution in [0.25, 0.3) is 10.6 Å². The molecule has 0 aliphatic heterocycles. The topological polar surface area (TPSA) is 37.8 Å². The maximum absolute atomic E-state index is 4.33. The number of rotatable bonds is 5. The van der Waals surface area contributed by atoms with Crippen LogP contribution in [0, 0.1) is 0 Å². The highest BCUT2D eigenvalue weighted by atomic mass is 32.1. The Bertz CT molecular complexity index is 507. The van der Waals surface area contributed by atoms with Crippen LogP contribution in [-0.2, 0) is 6.42 Å². The molecule has 0 spiro atoms.